The molecule has 2 aliphatic rings. The van der Waals surface area contributed by atoms with Crippen LogP contribution in [0.1, 0.15) is 39.7 Å². The van der Waals surface area contributed by atoms with Gasteiger partial charge in [-0.1, -0.05) is 0 Å². The van der Waals surface area contributed by atoms with Crippen LogP contribution in [0.5, 0.6) is 11.5 Å². The second-order valence-corrected chi connectivity index (χ2v) is 12.1. The Bertz CT molecular complexity index is 1250. The maximum Gasteiger partial charge on any atom is 0.256 e. The number of nitrogens with one attached hydrogen (secondary N) is 2. The minimum atomic E-state index is -3.98. The van der Waals surface area contributed by atoms with E-state index in [0.29, 0.717) is 6.20 Å². The standard InChI is InChI=1S/C22H24F3N3O4S/c1-20(2)9-17-22(11-31-20,28-19(26)21(3,4)33(17,29)30)14-8-13(5-6-15(14)24)32-16-7-12(23)10-27-18(16)25/h5-8,10,17H,9,11H2,1-4H3,(H2,26,28)/t17-,22-/m1/s1. The summed E-state index contributed by atoms with van der Waals surface area (Å²) in [6, 6.07) is 4.25. The van der Waals surface area contributed by atoms with Crippen molar-refractivity contribution < 1.29 is 31.1 Å². The highest BCUT2D eigenvalue weighted by molar-refractivity contribution is 7.94. The van der Waals surface area contributed by atoms with E-state index in [0.717, 1.165) is 12.1 Å². The zero-order valence-corrected chi connectivity index (χ0v) is 19.3. The molecule has 2 aromatic rings. The monoisotopic (exact) mass is 483 g/mol. The van der Waals surface area contributed by atoms with Gasteiger partial charge in [-0.25, -0.2) is 22.2 Å². The van der Waals surface area contributed by atoms with E-state index >= 15 is 4.39 Å². The fourth-order valence-corrected chi connectivity index (χ4v) is 6.73. The van der Waals surface area contributed by atoms with Gasteiger partial charge in [0.2, 0.25) is 0 Å². The van der Waals surface area contributed by atoms with Crippen LogP contribution >= 0.6 is 0 Å². The summed E-state index contributed by atoms with van der Waals surface area (Å²) in [5.74, 6) is -3.53. The van der Waals surface area contributed by atoms with Gasteiger partial charge in [-0.3, -0.25) is 5.41 Å². The molecule has 1 aromatic carbocycles. The molecule has 0 saturated carbocycles. The second kappa shape index (κ2) is 7.42. The van der Waals surface area contributed by atoms with E-state index in [1.54, 1.807) is 13.8 Å². The third-order valence-electron chi connectivity index (χ3n) is 6.37. The number of amidine groups is 1. The maximum absolute atomic E-state index is 15.2. The van der Waals surface area contributed by atoms with Gasteiger partial charge in [0.1, 0.15) is 33.5 Å². The van der Waals surface area contributed by atoms with Gasteiger partial charge in [-0.15, -0.1) is 0 Å². The molecule has 2 fully saturated rings. The van der Waals surface area contributed by atoms with Crippen LogP contribution in [0.2, 0.25) is 0 Å². The number of ether oxygens (including phenoxy) is 2. The Balaban J connectivity index is 1.86. The Morgan fingerprint density at radius 3 is 2.58 bits per heavy atom. The molecule has 33 heavy (non-hydrogen) atoms. The average Bonchev–Trinajstić information content (AvgIpc) is 2.72. The van der Waals surface area contributed by atoms with Crippen molar-refractivity contribution in [3.05, 3.63) is 53.6 Å². The fraction of sp³-hybridized carbons (Fsp3) is 0.455. The Labute approximate surface area is 189 Å². The molecule has 2 atom stereocenters. The van der Waals surface area contributed by atoms with Gasteiger partial charge >= 0.3 is 0 Å². The Kier molecular flexibility index (Phi) is 5.29. The molecule has 0 aliphatic carbocycles. The summed E-state index contributed by atoms with van der Waals surface area (Å²) in [4.78, 5) is 3.25. The minimum absolute atomic E-state index is 0.0476. The van der Waals surface area contributed by atoms with Crippen LogP contribution in [0, 0.1) is 23.0 Å². The Hall–Kier alpha value is -2.66. The van der Waals surface area contributed by atoms with Crippen LogP contribution in [0.4, 0.5) is 13.2 Å². The molecule has 178 valence electrons. The van der Waals surface area contributed by atoms with E-state index in [-0.39, 0.29) is 30.2 Å². The average molecular weight is 484 g/mol. The minimum Gasteiger partial charge on any atom is -0.452 e. The lowest BCUT2D eigenvalue weighted by molar-refractivity contribution is -0.0919. The van der Waals surface area contributed by atoms with E-state index < -0.39 is 54.3 Å². The van der Waals surface area contributed by atoms with Crippen molar-refractivity contribution in [3.8, 4) is 11.5 Å². The van der Waals surface area contributed by atoms with Crippen LogP contribution in [0.3, 0.4) is 0 Å². The van der Waals surface area contributed by atoms with Crippen LogP contribution in [0.25, 0.3) is 0 Å². The summed E-state index contributed by atoms with van der Waals surface area (Å²) in [5, 5.41) is 10.2. The molecule has 0 unspecified atom stereocenters. The number of pyridine rings is 1. The van der Waals surface area contributed by atoms with Crippen LogP contribution in [-0.4, -0.2) is 41.4 Å². The summed E-state index contributed by atoms with van der Waals surface area (Å²) in [5.41, 5.74) is -2.54. The van der Waals surface area contributed by atoms with Gasteiger partial charge in [-0.05, 0) is 52.3 Å². The number of rotatable bonds is 3. The van der Waals surface area contributed by atoms with E-state index in [2.05, 4.69) is 10.3 Å². The summed E-state index contributed by atoms with van der Waals surface area (Å²) >= 11 is 0. The molecular weight excluding hydrogens is 459 g/mol. The van der Waals surface area contributed by atoms with E-state index in [4.69, 9.17) is 14.9 Å². The number of halogens is 3. The summed E-state index contributed by atoms with van der Waals surface area (Å²) < 4.78 is 79.7. The zero-order chi connectivity index (χ0) is 24.4. The van der Waals surface area contributed by atoms with Crippen LogP contribution < -0.4 is 10.1 Å². The fourth-order valence-electron chi connectivity index (χ4n) is 4.28. The van der Waals surface area contributed by atoms with Crippen molar-refractivity contribution in [2.45, 2.75) is 55.3 Å². The van der Waals surface area contributed by atoms with Crippen molar-refractivity contribution in [2.24, 2.45) is 0 Å². The number of nitrogens with zero attached hydrogens (tertiary/aromatic N) is 1. The van der Waals surface area contributed by atoms with Crippen molar-refractivity contribution >= 4 is 15.7 Å². The number of sulfone groups is 1. The van der Waals surface area contributed by atoms with Gasteiger partial charge in [0, 0.05) is 11.6 Å². The van der Waals surface area contributed by atoms with E-state index in [1.165, 1.54) is 26.0 Å². The zero-order valence-electron chi connectivity index (χ0n) is 18.5. The lowest BCUT2D eigenvalue weighted by atomic mass is 9.78. The predicted molar refractivity (Wildman–Crippen MR) is 115 cm³/mol. The number of hydrogen-bond acceptors (Lipinski definition) is 6. The summed E-state index contributed by atoms with van der Waals surface area (Å²) in [7, 11) is -3.98. The second-order valence-electron chi connectivity index (χ2n) is 9.45. The molecule has 1 aromatic heterocycles. The largest absolute Gasteiger partial charge is 0.452 e. The number of aromatic nitrogens is 1. The van der Waals surface area contributed by atoms with Crippen LogP contribution in [-0.2, 0) is 20.1 Å². The molecule has 4 rings (SSSR count). The van der Waals surface area contributed by atoms with Crippen molar-refractivity contribution in [1.82, 2.24) is 10.3 Å². The van der Waals surface area contributed by atoms with Crippen molar-refractivity contribution in [2.75, 3.05) is 6.61 Å². The predicted octanol–water partition coefficient (Wildman–Crippen LogP) is 3.83. The van der Waals surface area contributed by atoms with Gasteiger partial charge < -0.3 is 14.8 Å². The number of hydrogen-bond donors (Lipinski definition) is 2. The third kappa shape index (κ3) is 3.67. The third-order valence-corrected chi connectivity index (χ3v) is 9.32. The van der Waals surface area contributed by atoms with E-state index in [1.807, 2.05) is 0 Å². The molecule has 11 heteroatoms. The van der Waals surface area contributed by atoms with Crippen molar-refractivity contribution in [1.29, 1.82) is 5.41 Å². The van der Waals surface area contributed by atoms with Gasteiger partial charge in [0.25, 0.3) is 5.95 Å². The number of benzene rings is 1. The first kappa shape index (κ1) is 23.5. The molecule has 3 heterocycles. The molecule has 0 amide bonds. The molecule has 0 spiro atoms. The summed E-state index contributed by atoms with van der Waals surface area (Å²) in [6.45, 7) is 6.11. The van der Waals surface area contributed by atoms with E-state index in [9.17, 15) is 17.2 Å². The molecule has 2 aliphatic heterocycles. The van der Waals surface area contributed by atoms with Crippen molar-refractivity contribution in [3.63, 3.8) is 0 Å². The molecule has 7 nitrogen and oxygen atoms in total. The molecule has 0 radical (unpaired) electrons. The highest BCUT2D eigenvalue weighted by atomic mass is 32.2. The Morgan fingerprint density at radius 1 is 1.18 bits per heavy atom. The van der Waals surface area contributed by atoms with Gasteiger partial charge in [0.05, 0.1) is 23.7 Å². The lowest BCUT2D eigenvalue weighted by Gasteiger charge is -2.55. The topological polar surface area (TPSA) is 101 Å². The highest BCUT2D eigenvalue weighted by Gasteiger charge is 2.63. The number of fused-ring (bicyclic) bond motifs is 1. The van der Waals surface area contributed by atoms with Crippen LogP contribution in [0.15, 0.2) is 30.5 Å². The Morgan fingerprint density at radius 2 is 1.88 bits per heavy atom. The normalized spacial score (nSPS) is 27.4. The highest BCUT2D eigenvalue weighted by Crippen LogP contribution is 2.48. The first-order valence-electron chi connectivity index (χ1n) is 10.2. The molecule has 0 bridgehead atoms. The SMILES string of the molecule is CC1(C)C[C@@H]2[C@](c3cc(Oc4cc(F)cnc4F)ccc3F)(CO1)NC(=N)C(C)(C)S2(=O)=O. The van der Waals surface area contributed by atoms with Gasteiger partial charge in [-0.2, -0.15) is 4.39 Å². The molecular formula is C22H24F3N3O4S. The first-order chi connectivity index (χ1) is 15.2. The smallest absolute Gasteiger partial charge is 0.256 e. The quantitative estimate of drug-likeness (QED) is 0.644. The maximum atomic E-state index is 15.2. The molecule has 2 saturated heterocycles. The first-order valence-corrected chi connectivity index (χ1v) is 11.8. The molecule has 2 N–H and O–H groups in total. The van der Waals surface area contributed by atoms with Gasteiger partial charge in [0.15, 0.2) is 15.6 Å². The summed E-state index contributed by atoms with van der Waals surface area (Å²) in [6.07, 6.45) is 0.735. The lowest BCUT2D eigenvalue weighted by Crippen LogP contribution is -2.74.